The van der Waals surface area contributed by atoms with E-state index in [1.54, 1.807) is 11.0 Å². The molecule has 0 saturated heterocycles. The van der Waals surface area contributed by atoms with Crippen molar-refractivity contribution in [2.75, 3.05) is 5.75 Å². The van der Waals surface area contributed by atoms with Gasteiger partial charge in [-0.3, -0.25) is 9.59 Å². The van der Waals surface area contributed by atoms with E-state index in [0.29, 0.717) is 28.8 Å². The van der Waals surface area contributed by atoms with Crippen LogP contribution in [0.1, 0.15) is 44.7 Å². The molecule has 7 heteroatoms. The highest BCUT2D eigenvalue weighted by atomic mass is 35.5. The minimum Gasteiger partial charge on any atom is -0.352 e. The molecular formula is C24H30Cl2N2O2S. The maximum Gasteiger partial charge on any atom is 0.243 e. The van der Waals surface area contributed by atoms with Crippen LogP contribution in [-0.4, -0.2) is 34.6 Å². The maximum absolute atomic E-state index is 13.2. The summed E-state index contributed by atoms with van der Waals surface area (Å²) >= 11 is 13.8. The molecule has 0 aromatic heterocycles. The van der Waals surface area contributed by atoms with Crippen molar-refractivity contribution in [3.8, 4) is 0 Å². The quantitative estimate of drug-likeness (QED) is 0.432. The Bertz CT molecular complexity index is 861. The summed E-state index contributed by atoms with van der Waals surface area (Å²) in [5.41, 5.74) is 1.93. The molecule has 168 valence electrons. The highest BCUT2D eigenvalue weighted by molar-refractivity contribution is 7.99. The topological polar surface area (TPSA) is 49.4 Å². The van der Waals surface area contributed by atoms with Crippen LogP contribution in [0.4, 0.5) is 0 Å². The van der Waals surface area contributed by atoms with Crippen molar-refractivity contribution in [3.05, 3.63) is 69.7 Å². The summed E-state index contributed by atoms with van der Waals surface area (Å²) in [4.78, 5) is 27.8. The summed E-state index contributed by atoms with van der Waals surface area (Å²) in [6.45, 7) is 6.21. The smallest absolute Gasteiger partial charge is 0.243 e. The molecule has 0 radical (unpaired) electrons. The SMILES string of the molecule is CC[C@@H](C)NC(=O)[C@@H](CC)N(Cc1ccccc1Cl)C(=O)CSCc1ccc(Cl)cc1. The third kappa shape index (κ3) is 8.06. The first-order chi connectivity index (χ1) is 14.8. The largest absolute Gasteiger partial charge is 0.352 e. The van der Waals surface area contributed by atoms with Crippen molar-refractivity contribution >= 4 is 46.8 Å². The average Bonchev–Trinajstić information content (AvgIpc) is 2.76. The number of amides is 2. The molecule has 2 rings (SSSR count). The Morgan fingerprint density at radius 2 is 1.71 bits per heavy atom. The van der Waals surface area contributed by atoms with Crippen LogP contribution in [0.15, 0.2) is 48.5 Å². The molecule has 1 N–H and O–H groups in total. The second-order valence-electron chi connectivity index (χ2n) is 7.47. The van der Waals surface area contributed by atoms with E-state index in [1.165, 1.54) is 11.8 Å². The normalized spacial score (nSPS) is 12.8. The van der Waals surface area contributed by atoms with E-state index in [9.17, 15) is 9.59 Å². The van der Waals surface area contributed by atoms with Gasteiger partial charge in [-0.2, -0.15) is 0 Å². The van der Waals surface area contributed by atoms with Crippen molar-refractivity contribution in [2.45, 2.75) is 58.0 Å². The van der Waals surface area contributed by atoms with Crippen LogP contribution < -0.4 is 5.32 Å². The monoisotopic (exact) mass is 480 g/mol. The van der Waals surface area contributed by atoms with Gasteiger partial charge in [0, 0.05) is 28.4 Å². The predicted octanol–water partition coefficient (Wildman–Crippen LogP) is 5.95. The lowest BCUT2D eigenvalue weighted by atomic mass is 10.1. The Balaban J connectivity index is 2.14. The Hall–Kier alpha value is -1.69. The molecule has 0 aliphatic carbocycles. The van der Waals surface area contributed by atoms with E-state index in [4.69, 9.17) is 23.2 Å². The number of rotatable bonds is 11. The lowest BCUT2D eigenvalue weighted by Gasteiger charge is -2.31. The maximum atomic E-state index is 13.2. The van der Waals surface area contributed by atoms with E-state index in [-0.39, 0.29) is 23.6 Å². The standard InChI is InChI=1S/C24H30Cl2N2O2S/c1-4-17(3)27-24(30)22(5-2)28(14-19-8-6-7-9-21(19)26)23(29)16-31-15-18-10-12-20(25)13-11-18/h6-13,17,22H,4-5,14-16H2,1-3H3,(H,27,30)/t17-,22-/m1/s1. The van der Waals surface area contributed by atoms with Crippen molar-refractivity contribution in [1.82, 2.24) is 10.2 Å². The Kier molecular flexibility index (Phi) is 10.7. The second-order valence-corrected chi connectivity index (χ2v) is 9.30. The molecule has 0 aliphatic heterocycles. The zero-order valence-electron chi connectivity index (χ0n) is 18.2. The zero-order chi connectivity index (χ0) is 22.8. The lowest BCUT2D eigenvalue weighted by molar-refractivity contribution is -0.139. The van der Waals surface area contributed by atoms with Gasteiger partial charge < -0.3 is 10.2 Å². The fourth-order valence-corrected chi connectivity index (χ4v) is 4.28. The number of nitrogens with zero attached hydrogens (tertiary/aromatic N) is 1. The zero-order valence-corrected chi connectivity index (χ0v) is 20.6. The van der Waals surface area contributed by atoms with Crippen LogP contribution in [0.2, 0.25) is 10.0 Å². The molecule has 0 heterocycles. The van der Waals surface area contributed by atoms with Gasteiger partial charge in [-0.15, -0.1) is 11.8 Å². The molecule has 0 saturated carbocycles. The van der Waals surface area contributed by atoms with E-state index >= 15 is 0 Å². The summed E-state index contributed by atoms with van der Waals surface area (Å²) in [5, 5.41) is 4.30. The first-order valence-corrected chi connectivity index (χ1v) is 12.4. The van der Waals surface area contributed by atoms with Crippen LogP contribution in [0.5, 0.6) is 0 Å². The molecular weight excluding hydrogens is 451 g/mol. The van der Waals surface area contributed by atoms with Crippen molar-refractivity contribution in [1.29, 1.82) is 0 Å². The summed E-state index contributed by atoms with van der Waals surface area (Å²) in [6, 6.07) is 14.5. The summed E-state index contributed by atoms with van der Waals surface area (Å²) in [5.74, 6) is 0.767. The van der Waals surface area contributed by atoms with Gasteiger partial charge >= 0.3 is 0 Å². The van der Waals surface area contributed by atoms with Gasteiger partial charge in [0.2, 0.25) is 11.8 Å². The number of halogens is 2. The number of carbonyl (C=O) groups excluding carboxylic acids is 2. The fourth-order valence-electron chi connectivity index (χ4n) is 3.09. The van der Waals surface area contributed by atoms with Gasteiger partial charge in [-0.1, -0.05) is 67.4 Å². The average molecular weight is 481 g/mol. The summed E-state index contributed by atoms with van der Waals surface area (Å²) in [6.07, 6.45) is 1.36. The highest BCUT2D eigenvalue weighted by Gasteiger charge is 2.29. The van der Waals surface area contributed by atoms with Crippen LogP contribution in [-0.2, 0) is 21.9 Å². The minimum absolute atomic E-state index is 0.0538. The first kappa shape index (κ1) is 25.6. The number of hydrogen-bond donors (Lipinski definition) is 1. The van der Waals surface area contributed by atoms with Crippen molar-refractivity contribution in [3.63, 3.8) is 0 Å². The van der Waals surface area contributed by atoms with Gasteiger partial charge in [0.05, 0.1) is 5.75 Å². The van der Waals surface area contributed by atoms with E-state index in [1.807, 2.05) is 63.2 Å². The predicted molar refractivity (Wildman–Crippen MR) is 132 cm³/mol. The summed E-state index contributed by atoms with van der Waals surface area (Å²) in [7, 11) is 0. The number of benzene rings is 2. The molecule has 2 aromatic carbocycles. The van der Waals surface area contributed by atoms with Crippen LogP contribution in [0.25, 0.3) is 0 Å². The van der Waals surface area contributed by atoms with Gasteiger partial charge in [-0.05, 0) is 49.1 Å². The molecule has 2 amide bonds. The van der Waals surface area contributed by atoms with E-state index in [0.717, 1.165) is 17.5 Å². The van der Waals surface area contributed by atoms with Gasteiger partial charge in [-0.25, -0.2) is 0 Å². The molecule has 2 atom stereocenters. The Morgan fingerprint density at radius 1 is 1.03 bits per heavy atom. The van der Waals surface area contributed by atoms with E-state index < -0.39 is 6.04 Å². The van der Waals surface area contributed by atoms with Gasteiger partial charge in [0.25, 0.3) is 0 Å². The molecule has 0 spiro atoms. The highest BCUT2D eigenvalue weighted by Crippen LogP contribution is 2.22. The number of hydrogen-bond acceptors (Lipinski definition) is 3. The second kappa shape index (κ2) is 13.0. The van der Waals surface area contributed by atoms with Crippen molar-refractivity contribution in [2.24, 2.45) is 0 Å². The molecule has 0 aliphatic rings. The van der Waals surface area contributed by atoms with Crippen molar-refractivity contribution < 1.29 is 9.59 Å². The van der Waals surface area contributed by atoms with Crippen LogP contribution in [0.3, 0.4) is 0 Å². The number of carbonyl (C=O) groups is 2. The first-order valence-electron chi connectivity index (χ1n) is 10.5. The molecule has 0 fully saturated rings. The molecule has 31 heavy (non-hydrogen) atoms. The molecule has 0 bridgehead atoms. The number of nitrogens with one attached hydrogen (secondary N) is 1. The van der Waals surface area contributed by atoms with Gasteiger partial charge in [0.15, 0.2) is 0 Å². The Labute approximate surface area is 199 Å². The number of thioether (sulfide) groups is 1. The molecule has 0 unspecified atom stereocenters. The van der Waals surface area contributed by atoms with Crippen LogP contribution >= 0.6 is 35.0 Å². The Morgan fingerprint density at radius 3 is 2.32 bits per heavy atom. The summed E-state index contributed by atoms with van der Waals surface area (Å²) < 4.78 is 0. The molecule has 4 nitrogen and oxygen atoms in total. The van der Waals surface area contributed by atoms with E-state index in [2.05, 4.69) is 5.32 Å². The van der Waals surface area contributed by atoms with Gasteiger partial charge in [0.1, 0.15) is 6.04 Å². The molecule has 2 aromatic rings. The third-order valence-electron chi connectivity index (χ3n) is 5.09. The fraction of sp³-hybridized carbons (Fsp3) is 0.417. The third-order valence-corrected chi connectivity index (χ3v) is 6.70. The lowest BCUT2D eigenvalue weighted by Crippen LogP contribution is -2.51. The van der Waals surface area contributed by atoms with Crippen LogP contribution in [0, 0.1) is 0 Å². The minimum atomic E-state index is -0.547.